The maximum atomic E-state index is 14.2. The molecule has 0 aromatic heterocycles. The Morgan fingerprint density at radius 3 is 1.15 bits per heavy atom. The van der Waals surface area contributed by atoms with E-state index in [0.29, 0.717) is 128 Å². The first kappa shape index (κ1) is 95.3. The molecule has 4 aliphatic heterocycles. The van der Waals surface area contributed by atoms with Crippen molar-refractivity contribution in [1.82, 2.24) is 15.5 Å². The van der Waals surface area contributed by atoms with Crippen molar-refractivity contribution in [2.24, 2.45) is 23.7 Å². The zero-order chi connectivity index (χ0) is 78.8. The molecule has 31 nitrogen and oxygen atoms in total. The highest BCUT2D eigenvalue weighted by molar-refractivity contribution is 5.97. The summed E-state index contributed by atoms with van der Waals surface area (Å²) in [4.78, 5) is 107. The molecular formula is C76H133N3O28. The third kappa shape index (κ3) is 36.1. The fourth-order valence-corrected chi connectivity index (χ4v) is 13.1. The van der Waals surface area contributed by atoms with Crippen LogP contribution >= 0.6 is 0 Å². The maximum absolute atomic E-state index is 14.2. The van der Waals surface area contributed by atoms with E-state index in [0.717, 1.165) is 0 Å². The first-order chi connectivity index (χ1) is 51.1. The largest absolute Gasteiger partial charge is 0.394 e. The number of unbranched alkanes of at least 4 members (excludes halogenated alkanes) is 8. The number of rotatable bonds is 60. The predicted octanol–water partition coefficient (Wildman–Crippen LogP) is 2.29. The summed E-state index contributed by atoms with van der Waals surface area (Å²) in [6, 6.07) is -0.493. The van der Waals surface area contributed by atoms with Crippen LogP contribution < -0.4 is 10.6 Å². The van der Waals surface area contributed by atoms with Gasteiger partial charge in [-0.05, 0) is 96.3 Å². The monoisotopic (exact) mass is 1540 g/mol. The molecule has 0 spiro atoms. The number of hydrogen-bond acceptors (Lipinski definition) is 28. The van der Waals surface area contributed by atoms with E-state index in [1.165, 1.54) is 4.90 Å². The lowest BCUT2D eigenvalue weighted by Crippen LogP contribution is -2.59. The van der Waals surface area contributed by atoms with Crippen molar-refractivity contribution in [3.8, 4) is 0 Å². The lowest BCUT2D eigenvalue weighted by molar-refractivity contribution is -0.282. The molecule has 7 unspecified atom stereocenters. The van der Waals surface area contributed by atoms with E-state index in [9.17, 15) is 89.4 Å². The molecule has 0 saturated carbocycles. The molecule has 4 saturated heterocycles. The highest BCUT2D eigenvalue weighted by Crippen LogP contribution is 2.31. The number of likely N-dealkylation sites (tertiary alicyclic amines) is 1. The van der Waals surface area contributed by atoms with Gasteiger partial charge in [0.1, 0.15) is 77.5 Å². The fraction of sp³-hybridized carbons (Fsp3) is 0.895. The highest BCUT2D eigenvalue weighted by atomic mass is 16.7. The molecule has 4 fully saturated rings. The van der Waals surface area contributed by atoms with Crippen LogP contribution in [0, 0.1) is 23.7 Å². The topological polar surface area (TPSA) is 458 Å². The number of aliphatic hydroxyl groups is 10. The summed E-state index contributed by atoms with van der Waals surface area (Å²) in [6.45, 7) is 9.55. The number of amides is 3. The van der Waals surface area contributed by atoms with Gasteiger partial charge in [0, 0.05) is 121 Å². The molecule has 4 rings (SSSR count). The van der Waals surface area contributed by atoms with Crippen LogP contribution in [0.25, 0.3) is 0 Å². The lowest BCUT2D eigenvalue weighted by atomic mass is 9.92. The molecule has 620 valence electrons. The average Bonchev–Trinajstić information content (AvgIpc) is 1.72. The number of Topliss-reactive ketones (excluding diaryl/α,β-unsaturated/α-hetero) is 5. The van der Waals surface area contributed by atoms with Gasteiger partial charge in [0.25, 0.3) is 0 Å². The number of hydrogen-bond donors (Lipinski definition) is 12. The van der Waals surface area contributed by atoms with Crippen molar-refractivity contribution >= 4 is 46.6 Å². The van der Waals surface area contributed by atoms with Gasteiger partial charge in [-0.25, -0.2) is 0 Å². The molecule has 31 heteroatoms. The summed E-state index contributed by atoms with van der Waals surface area (Å²) in [5, 5.41) is 106. The van der Waals surface area contributed by atoms with Gasteiger partial charge >= 0.3 is 0 Å². The number of β-amino-alcohol motifs (C(OH)–C–C–N with tert-alkyl or cyclic N) is 1. The average molecular weight is 1540 g/mol. The Labute approximate surface area is 631 Å². The maximum Gasteiger partial charge on any atom is 0.232 e. The van der Waals surface area contributed by atoms with Gasteiger partial charge < -0.3 is 114 Å². The van der Waals surface area contributed by atoms with Gasteiger partial charge in [0.2, 0.25) is 17.7 Å². The first-order valence-corrected chi connectivity index (χ1v) is 39.3. The standard InChI is InChI=1S/C76H133N3O28/c1-49(2)53(6)104-45-54-39-60(88)41-79(54)66(91)40-65(90)78-76(46-98-36-29-58(86)23-11-7-9-21-55(83)26-14-18-33-101-73-50(3)67(92)70(95)61(42-80)105-73,47-99-37-30-59(87)24-12-8-10-22-56(84)27-15-19-34-102-74-51(4)68(93)71(96)62(43-81)106-74)48-100-38-31-64(89)77-32-17-13-25-57(85)28-16-20-35-103-75-52(5)69(94)72(97)63(44-82)107-75/h49-54,60-63,67-75,80-82,88,92-97H,7-48H2,1-6H3,(H,77,89)(H,78,90)/t50?,51?,52?,53?,54-,60+,61?,62?,63?,67-,68-,69-,70+,71+,72+,73-,74-,75-,76?/m1/s1. The van der Waals surface area contributed by atoms with Gasteiger partial charge in [-0.1, -0.05) is 47.5 Å². The number of carbonyl (C=O) groups is 8. The smallest absolute Gasteiger partial charge is 0.232 e. The minimum atomic E-state index is -1.54. The molecule has 4 heterocycles. The SMILES string of the molecule is CC(C)C(C)OC[C@H]1C[C@H](O)CN1C(=O)CC(=O)NC(COCCC(=O)CCCCCC(=O)CCCCO[C@@H]1OC(CO)[C@H](O)[C@H](O)C1C)(COCCC(=O)CCCCCC(=O)CCCCO[C@@H]1OC(CO)[C@H](O)[C@H](O)C1C)COCCC(=O)NCCCCC(=O)CCCCO[C@@H]1OC(CO)[C@H](O)[C@H](O)C1C. The van der Waals surface area contributed by atoms with E-state index in [1.54, 1.807) is 20.8 Å². The third-order valence-corrected chi connectivity index (χ3v) is 20.6. The van der Waals surface area contributed by atoms with E-state index in [1.807, 2.05) is 20.8 Å². The molecule has 0 aromatic rings. The van der Waals surface area contributed by atoms with Crippen LogP contribution in [0.1, 0.15) is 215 Å². The molecule has 18 atom stereocenters. The number of nitrogens with one attached hydrogen (secondary N) is 2. The molecule has 0 radical (unpaired) electrons. The molecule has 107 heavy (non-hydrogen) atoms. The van der Waals surface area contributed by atoms with Crippen LogP contribution in [-0.2, 0) is 85.7 Å². The van der Waals surface area contributed by atoms with Crippen molar-refractivity contribution in [2.45, 2.75) is 312 Å². The van der Waals surface area contributed by atoms with Gasteiger partial charge in [-0.3, -0.25) is 38.4 Å². The lowest BCUT2D eigenvalue weighted by Gasteiger charge is -2.40. The van der Waals surface area contributed by atoms with Crippen molar-refractivity contribution < 1.29 is 137 Å². The Bertz CT molecular complexity index is 2340. The van der Waals surface area contributed by atoms with Crippen LogP contribution in [0.5, 0.6) is 0 Å². The van der Waals surface area contributed by atoms with Crippen molar-refractivity contribution in [1.29, 1.82) is 0 Å². The van der Waals surface area contributed by atoms with Gasteiger partial charge in [0.05, 0.1) is 103 Å². The van der Waals surface area contributed by atoms with Crippen LogP contribution in [0.2, 0.25) is 0 Å². The quantitative estimate of drug-likeness (QED) is 0.0307. The Balaban J connectivity index is 1.30. The summed E-state index contributed by atoms with van der Waals surface area (Å²) in [5.41, 5.74) is -1.54. The van der Waals surface area contributed by atoms with E-state index in [4.69, 9.17) is 47.4 Å². The summed E-state index contributed by atoms with van der Waals surface area (Å²) >= 11 is 0. The summed E-state index contributed by atoms with van der Waals surface area (Å²) in [6.07, 6.45) is -3.47. The zero-order valence-corrected chi connectivity index (χ0v) is 64.4. The Kier molecular flexibility index (Phi) is 47.3. The van der Waals surface area contributed by atoms with Gasteiger partial charge in [-0.15, -0.1) is 0 Å². The summed E-state index contributed by atoms with van der Waals surface area (Å²) < 4.78 is 58.5. The van der Waals surface area contributed by atoms with Gasteiger partial charge in [-0.2, -0.15) is 0 Å². The Morgan fingerprint density at radius 2 is 0.785 bits per heavy atom. The molecule has 3 amide bonds. The number of carbonyl (C=O) groups excluding carboxylic acids is 8. The number of ether oxygens (including phenoxy) is 10. The number of aliphatic hydroxyl groups excluding tert-OH is 10. The first-order valence-electron chi connectivity index (χ1n) is 39.3. The molecule has 0 bridgehead atoms. The number of nitrogens with zero attached hydrogens (tertiary/aromatic N) is 1. The van der Waals surface area contributed by atoms with Crippen LogP contribution in [0.4, 0.5) is 0 Å². The van der Waals surface area contributed by atoms with E-state index in [2.05, 4.69) is 10.6 Å². The summed E-state index contributed by atoms with van der Waals surface area (Å²) in [7, 11) is 0. The predicted molar refractivity (Wildman–Crippen MR) is 386 cm³/mol. The second-order valence-corrected chi connectivity index (χ2v) is 30.1. The molecular weight excluding hydrogens is 1400 g/mol. The van der Waals surface area contributed by atoms with Crippen molar-refractivity contribution in [3.05, 3.63) is 0 Å². The van der Waals surface area contributed by atoms with E-state index >= 15 is 0 Å². The Hall–Kier alpha value is -4.04. The Morgan fingerprint density at radius 1 is 0.439 bits per heavy atom. The van der Waals surface area contributed by atoms with E-state index < -0.39 is 147 Å². The van der Waals surface area contributed by atoms with Crippen molar-refractivity contribution in [2.75, 3.05) is 99.0 Å². The second-order valence-electron chi connectivity index (χ2n) is 30.1. The van der Waals surface area contributed by atoms with E-state index in [-0.39, 0.29) is 165 Å². The second kappa shape index (κ2) is 53.1. The molecule has 0 aliphatic carbocycles. The fourth-order valence-electron chi connectivity index (χ4n) is 13.1. The highest BCUT2D eigenvalue weighted by Gasteiger charge is 2.46. The van der Waals surface area contributed by atoms with Crippen LogP contribution in [0.15, 0.2) is 0 Å². The molecule has 0 aromatic carbocycles. The minimum Gasteiger partial charge on any atom is -0.394 e. The van der Waals surface area contributed by atoms with Gasteiger partial charge in [0.15, 0.2) is 18.9 Å². The van der Waals surface area contributed by atoms with Crippen LogP contribution in [-0.4, -0.2) is 299 Å². The van der Waals surface area contributed by atoms with Crippen LogP contribution in [0.3, 0.4) is 0 Å². The van der Waals surface area contributed by atoms with Crippen molar-refractivity contribution in [3.63, 3.8) is 0 Å². The third-order valence-electron chi connectivity index (χ3n) is 20.6. The zero-order valence-electron chi connectivity index (χ0n) is 64.4. The molecule has 12 N–H and O–H groups in total. The normalized spacial score (nSPS) is 27.6. The number of ketones is 5. The summed E-state index contributed by atoms with van der Waals surface area (Å²) in [5.74, 6) is -3.02. The molecule has 4 aliphatic rings. The minimum absolute atomic E-state index is 0.00241.